The highest BCUT2D eigenvalue weighted by atomic mass is 32.2. The molecule has 31 heavy (non-hydrogen) atoms. The van der Waals surface area contributed by atoms with Crippen molar-refractivity contribution in [2.45, 2.75) is 31.3 Å². The van der Waals surface area contributed by atoms with Crippen LogP contribution in [0.2, 0.25) is 0 Å². The van der Waals surface area contributed by atoms with E-state index in [9.17, 15) is 12.8 Å². The molecule has 0 saturated carbocycles. The van der Waals surface area contributed by atoms with Gasteiger partial charge in [-0.15, -0.1) is 0 Å². The molecule has 164 valence electrons. The number of sulfone groups is 1. The molecule has 0 aliphatic carbocycles. The molecule has 0 bridgehead atoms. The zero-order valence-electron chi connectivity index (χ0n) is 17.9. The van der Waals surface area contributed by atoms with E-state index >= 15 is 0 Å². The van der Waals surface area contributed by atoms with Crippen LogP contribution in [-0.4, -0.2) is 33.4 Å². The van der Waals surface area contributed by atoms with E-state index in [0.717, 1.165) is 24.7 Å². The molecule has 1 heterocycles. The van der Waals surface area contributed by atoms with Crippen LogP contribution in [0.1, 0.15) is 25.3 Å². The van der Waals surface area contributed by atoms with Gasteiger partial charge >= 0.3 is 0 Å². The van der Waals surface area contributed by atoms with E-state index in [0.29, 0.717) is 34.6 Å². The second-order valence-electron chi connectivity index (χ2n) is 7.26. The minimum atomic E-state index is -3.60. The summed E-state index contributed by atoms with van der Waals surface area (Å²) < 4.78 is 50.6. The van der Waals surface area contributed by atoms with Gasteiger partial charge in [-0.2, -0.15) is 0 Å². The maximum absolute atomic E-state index is 13.6. The number of aromatic nitrogens is 1. The highest BCUT2D eigenvalue weighted by Gasteiger charge is 2.26. The van der Waals surface area contributed by atoms with E-state index in [1.165, 1.54) is 19.2 Å². The quantitative estimate of drug-likeness (QED) is 0.421. The number of ether oxygens (including phenoxy) is 2. The Hall–Kier alpha value is -2.77. The van der Waals surface area contributed by atoms with Crippen molar-refractivity contribution in [3.8, 4) is 28.0 Å². The number of rotatable bonds is 9. The molecule has 0 aliphatic heterocycles. The van der Waals surface area contributed by atoms with Crippen LogP contribution in [0.15, 0.2) is 59.8 Å². The molecule has 0 radical (unpaired) electrons. The number of hydrogen-bond donors (Lipinski definition) is 0. The predicted octanol–water partition coefficient (Wildman–Crippen LogP) is 5.28. The molecule has 0 unspecified atom stereocenters. The van der Waals surface area contributed by atoms with Crippen molar-refractivity contribution in [1.82, 2.24) is 4.98 Å². The molecule has 0 saturated heterocycles. The van der Waals surface area contributed by atoms with Crippen LogP contribution in [0.5, 0.6) is 5.75 Å². The Balaban J connectivity index is 2.42. The molecule has 0 amide bonds. The molecule has 2 aromatic carbocycles. The Bertz CT molecular complexity index is 1130. The molecule has 5 nitrogen and oxygen atoms in total. The first-order valence-corrected chi connectivity index (χ1v) is 11.9. The molecule has 1 aromatic heterocycles. The fourth-order valence-electron chi connectivity index (χ4n) is 3.42. The fourth-order valence-corrected chi connectivity index (χ4v) is 4.35. The standard InChI is InChI=1S/C24H26FNO4S/c1-4-5-13-30-24-21(16-29-2)22(31(3,27)28)14-20(17-8-10-19(25)11-9-17)23(24)18-7-6-12-26-15-18/h6-12,14-15H,4-5,13,16H2,1-3H3. The second kappa shape index (κ2) is 10.0. The first-order valence-electron chi connectivity index (χ1n) is 10.0. The summed E-state index contributed by atoms with van der Waals surface area (Å²) >= 11 is 0. The van der Waals surface area contributed by atoms with Crippen molar-refractivity contribution in [3.05, 3.63) is 66.2 Å². The van der Waals surface area contributed by atoms with E-state index in [2.05, 4.69) is 11.9 Å². The Morgan fingerprint density at radius 1 is 1.10 bits per heavy atom. The summed E-state index contributed by atoms with van der Waals surface area (Å²) in [5.74, 6) is 0.0796. The van der Waals surface area contributed by atoms with E-state index in [1.54, 1.807) is 36.7 Å². The molecule has 0 atom stereocenters. The van der Waals surface area contributed by atoms with Crippen LogP contribution in [0.25, 0.3) is 22.3 Å². The van der Waals surface area contributed by atoms with Gasteiger partial charge in [0.05, 0.1) is 18.1 Å². The van der Waals surface area contributed by atoms with Crippen LogP contribution in [0, 0.1) is 5.82 Å². The molecule has 0 fully saturated rings. The molecule has 0 spiro atoms. The fraction of sp³-hybridized carbons (Fsp3) is 0.292. The van der Waals surface area contributed by atoms with Gasteiger partial charge in [0.15, 0.2) is 9.84 Å². The number of nitrogens with zero attached hydrogens (tertiary/aromatic N) is 1. The van der Waals surface area contributed by atoms with Crippen LogP contribution < -0.4 is 4.74 Å². The lowest BCUT2D eigenvalue weighted by Gasteiger charge is -2.22. The third kappa shape index (κ3) is 5.29. The van der Waals surface area contributed by atoms with Gasteiger partial charge in [0, 0.05) is 42.4 Å². The average molecular weight is 444 g/mol. The van der Waals surface area contributed by atoms with Crippen LogP contribution in [0.3, 0.4) is 0 Å². The van der Waals surface area contributed by atoms with Crippen LogP contribution >= 0.6 is 0 Å². The smallest absolute Gasteiger partial charge is 0.176 e. The number of methoxy groups -OCH3 is 1. The minimum Gasteiger partial charge on any atom is -0.492 e. The topological polar surface area (TPSA) is 65.5 Å². The Labute approximate surface area is 182 Å². The maximum atomic E-state index is 13.6. The highest BCUT2D eigenvalue weighted by Crippen LogP contribution is 2.44. The van der Waals surface area contributed by atoms with Crippen LogP contribution in [0.4, 0.5) is 4.39 Å². The number of pyridine rings is 1. The predicted molar refractivity (Wildman–Crippen MR) is 119 cm³/mol. The summed E-state index contributed by atoms with van der Waals surface area (Å²) in [7, 11) is -2.08. The highest BCUT2D eigenvalue weighted by molar-refractivity contribution is 7.90. The third-order valence-electron chi connectivity index (χ3n) is 4.88. The summed E-state index contributed by atoms with van der Waals surface area (Å²) in [4.78, 5) is 4.36. The number of halogens is 1. The molecule has 7 heteroatoms. The van der Waals surface area contributed by atoms with Gasteiger partial charge in [-0.05, 0) is 41.8 Å². The van der Waals surface area contributed by atoms with Crippen molar-refractivity contribution in [3.63, 3.8) is 0 Å². The number of unbranched alkanes of at least 4 members (excludes halogenated alkanes) is 1. The van der Waals surface area contributed by atoms with E-state index < -0.39 is 9.84 Å². The molecule has 3 rings (SSSR count). The zero-order chi connectivity index (χ0) is 22.4. The SMILES string of the molecule is CCCCOc1c(COC)c(S(C)(=O)=O)cc(-c2ccc(F)cc2)c1-c1cccnc1. The van der Waals surface area contributed by atoms with Crippen molar-refractivity contribution in [2.24, 2.45) is 0 Å². The monoisotopic (exact) mass is 443 g/mol. The maximum Gasteiger partial charge on any atom is 0.176 e. The summed E-state index contributed by atoms with van der Waals surface area (Å²) in [5.41, 5.74) is 3.24. The number of benzene rings is 2. The molecular formula is C24H26FNO4S. The first-order chi connectivity index (χ1) is 14.9. The van der Waals surface area contributed by atoms with E-state index in [4.69, 9.17) is 9.47 Å². The summed E-state index contributed by atoms with van der Waals surface area (Å²) in [6, 6.07) is 11.3. The Kier molecular flexibility index (Phi) is 7.41. The molecule has 0 N–H and O–H groups in total. The lowest BCUT2D eigenvalue weighted by atomic mass is 9.92. The van der Waals surface area contributed by atoms with Gasteiger partial charge in [0.2, 0.25) is 0 Å². The molecule has 0 aliphatic rings. The largest absolute Gasteiger partial charge is 0.492 e. The summed E-state index contributed by atoms with van der Waals surface area (Å²) in [6.45, 7) is 2.55. The van der Waals surface area contributed by atoms with Gasteiger partial charge in [-0.25, -0.2) is 12.8 Å². The lowest BCUT2D eigenvalue weighted by molar-refractivity contribution is 0.177. The van der Waals surface area contributed by atoms with E-state index in [1.807, 2.05) is 6.07 Å². The van der Waals surface area contributed by atoms with Gasteiger partial charge in [-0.1, -0.05) is 31.5 Å². The number of hydrogen-bond acceptors (Lipinski definition) is 5. The van der Waals surface area contributed by atoms with Crippen molar-refractivity contribution in [2.75, 3.05) is 20.0 Å². The lowest BCUT2D eigenvalue weighted by Crippen LogP contribution is -2.10. The minimum absolute atomic E-state index is 0.0703. The Morgan fingerprint density at radius 3 is 2.42 bits per heavy atom. The van der Waals surface area contributed by atoms with Crippen molar-refractivity contribution >= 4 is 9.84 Å². The summed E-state index contributed by atoms with van der Waals surface area (Å²) in [5, 5.41) is 0. The van der Waals surface area contributed by atoms with Crippen molar-refractivity contribution < 1.29 is 22.3 Å². The molecule has 3 aromatic rings. The summed E-state index contributed by atoms with van der Waals surface area (Å²) in [6.07, 6.45) is 6.27. The Morgan fingerprint density at radius 2 is 1.84 bits per heavy atom. The normalized spacial score (nSPS) is 11.5. The zero-order valence-corrected chi connectivity index (χ0v) is 18.7. The van der Waals surface area contributed by atoms with Gasteiger partial charge in [0.1, 0.15) is 11.6 Å². The second-order valence-corrected chi connectivity index (χ2v) is 9.24. The van der Waals surface area contributed by atoms with Crippen LogP contribution in [-0.2, 0) is 21.2 Å². The van der Waals surface area contributed by atoms with Crippen molar-refractivity contribution in [1.29, 1.82) is 0 Å². The third-order valence-corrected chi connectivity index (χ3v) is 6.04. The molecular weight excluding hydrogens is 417 g/mol. The van der Waals surface area contributed by atoms with Gasteiger partial charge in [0.25, 0.3) is 0 Å². The van der Waals surface area contributed by atoms with Gasteiger partial charge in [-0.3, -0.25) is 4.98 Å². The van der Waals surface area contributed by atoms with Gasteiger partial charge < -0.3 is 9.47 Å². The van der Waals surface area contributed by atoms with E-state index in [-0.39, 0.29) is 17.3 Å². The first kappa shape index (κ1) is 22.9. The average Bonchev–Trinajstić information content (AvgIpc) is 2.75.